The molecule has 1 saturated carbocycles. The monoisotopic (exact) mass is 310 g/mol. The first-order valence-electron chi connectivity index (χ1n) is 7.69. The van der Waals surface area contributed by atoms with Crippen molar-refractivity contribution in [1.29, 1.82) is 0 Å². The summed E-state index contributed by atoms with van der Waals surface area (Å²) in [6, 6.07) is 3.02. The van der Waals surface area contributed by atoms with Gasteiger partial charge in [0.15, 0.2) is 0 Å². The van der Waals surface area contributed by atoms with Crippen LogP contribution >= 0.6 is 0 Å². The van der Waals surface area contributed by atoms with Gasteiger partial charge < -0.3 is 10.0 Å². The number of aliphatic hydroxyl groups is 1. The van der Waals surface area contributed by atoms with Gasteiger partial charge in [-0.05, 0) is 30.9 Å². The number of β-amino-alcohol motifs (C(OH)–C–C–N with tert-alkyl or cyclic N) is 1. The number of carbonyl (C=O) groups is 1. The van der Waals surface area contributed by atoms with Crippen molar-refractivity contribution in [3.05, 3.63) is 35.4 Å². The van der Waals surface area contributed by atoms with E-state index in [-0.39, 0.29) is 11.7 Å². The van der Waals surface area contributed by atoms with Crippen LogP contribution in [0.5, 0.6) is 0 Å². The second kappa shape index (κ2) is 6.30. The minimum Gasteiger partial charge on any atom is -0.392 e. The average molecular weight is 310 g/mol. The van der Waals surface area contributed by atoms with E-state index in [1.807, 2.05) is 0 Å². The topological polar surface area (TPSA) is 43.8 Å². The molecule has 2 aliphatic rings. The van der Waals surface area contributed by atoms with Gasteiger partial charge in [-0.2, -0.15) is 0 Å². The molecule has 120 valence electrons. The first-order valence-corrected chi connectivity index (χ1v) is 7.69. The number of amides is 1. The third kappa shape index (κ3) is 3.44. The fourth-order valence-electron chi connectivity index (χ4n) is 2.86. The molecule has 1 saturated heterocycles. The number of carbonyl (C=O) groups excluding carboxylic acids is 1. The van der Waals surface area contributed by atoms with Crippen molar-refractivity contribution in [2.75, 3.05) is 32.7 Å². The summed E-state index contributed by atoms with van der Waals surface area (Å²) in [6.07, 6.45) is 1.92. The molecule has 1 heterocycles. The van der Waals surface area contributed by atoms with Gasteiger partial charge in [-0.3, -0.25) is 9.69 Å². The van der Waals surface area contributed by atoms with Crippen molar-refractivity contribution in [3.63, 3.8) is 0 Å². The second-order valence-corrected chi connectivity index (χ2v) is 6.12. The van der Waals surface area contributed by atoms with E-state index >= 15 is 0 Å². The minimum absolute atomic E-state index is 0.0899. The predicted molar refractivity (Wildman–Crippen MR) is 77.4 cm³/mol. The van der Waals surface area contributed by atoms with E-state index in [0.29, 0.717) is 38.6 Å². The molecule has 4 nitrogen and oxygen atoms in total. The van der Waals surface area contributed by atoms with Crippen LogP contribution in [0.1, 0.15) is 23.2 Å². The molecular formula is C16H20F2N2O2. The third-order valence-corrected chi connectivity index (χ3v) is 4.43. The highest BCUT2D eigenvalue weighted by Gasteiger charge is 2.32. The van der Waals surface area contributed by atoms with Gasteiger partial charge in [0.25, 0.3) is 5.91 Å². The van der Waals surface area contributed by atoms with Crippen LogP contribution < -0.4 is 0 Å². The van der Waals surface area contributed by atoms with Crippen molar-refractivity contribution in [3.8, 4) is 0 Å². The van der Waals surface area contributed by atoms with Crippen LogP contribution in [0.4, 0.5) is 8.78 Å². The molecule has 1 aliphatic heterocycles. The van der Waals surface area contributed by atoms with Crippen molar-refractivity contribution < 1.29 is 18.7 Å². The lowest BCUT2D eigenvalue weighted by Crippen LogP contribution is -2.50. The number of nitrogens with zero attached hydrogens (tertiary/aromatic N) is 2. The van der Waals surface area contributed by atoms with Crippen LogP contribution in [-0.2, 0) is 0 Å². The lowest BCUT2D eigenvalue weighted by molar-refractivity contribution is 0.0485. The van der Waals surface area contributed by atoms with Crippen molar-refractivity contribution in [1.82, 2.24) is 9.80 Å². The molecule has 0 radical (unpaired) electrons. The molecule has 1 aromatic carbocycles. The highest BCUT2D eigenvalue weighted by molar-refractivity contribution is 5.94. The Labute approximate surface area is 128 Å². The van der Waals surface area contributed by atoms with Gasteiger partial charge in [-0.25, -0.2) is 8.78 Å². The quantitative estimate of drug-likeness (QED) is 0.916. The van der Waals surface area contributed by atoms with Gasteiger partial charge in [-0.15, -0.1) is 0 Å². The highest BCUT2D eigenvalue weighted by atomic mass is 19.1. The van der Waals surface area contributed by atoms with Gasteiger partial charge in [0.05, 0.1) is 11.7 Å². The molecule has 1 N–H and O–H groups in total. The fraction of sp³-hybridized carbons (Fsp3) is 0.562. The van der Waals surface area contributed by atoms with Crippen LogP contribution in [0.25, 0.3) is 0 Å². The Hall–Kier alpha value is -1.53. The standard InChI is InChI=1S/C16H20F2N2O2/c17-12-3-4-13(14(18)9-12)16(22)20-7-5-19(6-8-20)10-15(21)11-1-2-11/h3-4,9,11,15,21H,1-2,5-8,10H2. The number of piperazine rings is 1. The van der Waals surface area contributed by atoms with Gasteiger partial charge >= 0.3 is 0 Å². The highest BCUT2D eigenvalue weighted by Crippen LogP contribution is 2.32. The fourth-order valence-corrected chi connectivity index (χ4v) is 2.86. The molecule has 0 bridgehead atoms. The zero-order valence-electron chi connectivity index (χ0n) is 12.3. The van der Waals surface area contributed by atoms with Crippen molar-refractivity contribution >= 4 is 5.91 Å². The van der Waals surface area contributed by atoms with Crippen molar-refractivity contribution in [2.45, 2.75) is 18.9 Å². The summed E-state index contributed by atoms with van der Waals surface area (Å²) in [7, 11) is 0. The number of rotatable bonds is 4. The summed E-state index contributed by atoms with van der Waals surface area (Å²) in [4.78, 5) is 16.0. The Bertz CT molecular complexity index is 555. The molecule has 6 heteroatoms. The maximum atomic E-state index is 13.7. The number of halogens is 2. The van der Waals surface area contributed by atoms with E-state index in [1.165, 1.54) is 6.07 Å². The van der Waals surface area contributed by atoms with Gasteiger partial charge in [0.1, 0.15) is 11.6 Å². The first-order chi connectivity index (χ1) is 10.5. The molecule has 1 aliphatic carbocycles. The van der Waals surface area contributed by atoms with Crippen LogP contribution in [0.15, 0.2) is 18.2 Å². The molecule has 1 atom stereocenters. The normalized spacial score (nSPS) is 21.0. The summed E-state index contributed by atoms with van der Waals surface area (Å²) in [5.74, 6) is -1.47. The minimum atomic E-state index is -0.823. The largest absolute Gasteiger partial charge is 0.392 e. The van der Waals surface area contributed by atoms with Gasteiger partial charge in [-0.1, -0.05) is 0 Å². The van der Waals surface area contributed by atoms with Crippen LogP contribution in [0.3, 0.4) is 0 Å². The SMILES string of the molecule is O=C(c1ccc(F)cc1F)N1CCN(CC(O)C2CC2)CC1. The maximum Gasteiger partial charge on any atom is 0.256 e. The molecular weight excluding hydrogens is 290 g/mol. The zero-order chi connectivity index (χ0) is 15.7. The Balaban J connectivity index is 1.55. The summed E-state index contributed by atoms with van der Waals surface area (Å²) in [5.41, 5.74) is -0.0899. The van der Waals surface area contributed by atoms with Crippen LogP contribution in [0.2, 0.25) is 0 Å². The van der Waals surface area contributed by atoms with Crippen LogP contribution in [0, 0.1) is 17.6 Å². The Morgan fingerprint density at radius 1 is 1.23 bits per heavy atom. The molecule has 0 spiro atoms. The van der Waals surface area contributed by atoms with E-state index in [2.05, 4.69) is 4.90 Å². The molecule has 1 aromatic rings. The molecule has 2 fully saturated rings. The Morgan fingerprint density at radius 2 is 1.91 bits per heavy atom. The summed E-state index contributed by atoms with van der Waals surface area (Å²) >= 11 is 0. The Kier molecular flexibility index (Phi) is 4.40. The molecule has 0 aromatic heterocycles. The molecule has 22 heavy (non-hydrogen) atoms. The van der Waals surface area contributed by atoms with E-state index < -0.39 is 17.5 Å². The summed E-state index contributed by atoms with van der Waals surface area (Å²) < 4.78 is 26.6. The smallest absolute Gasteiger partial charge is 0.256 e. The average Bonchev–Trinajstić information content (AvgIpc) is 3.32. The lowest BCUT2D eigenvalue weighted by Gasteiger charge is -2.35. The van der Waals surface area contributed by atoms with E-state index in [9.17, 15) is 18.7 Å². The Morgan fingerprint density at radius 3 is 2.50 bits per heavy atom. The lowest BCUT2D eigenvalue weighted by atomic mass is 10.1. The van der Waals surface area contributed by atoms with E-state index in [4.69, 9.17) is 0 Å². The number of hydrogen-bond acceptors (Lipinski definition) is 3. The predicted octanol–water partition coefficient (Wildman–Crippen LogP) is 1.49. The summed E-state index contributed by atoms with van der Waals surface area (Å²) in [6.45, 7) is 2.95. The summed E-state index contributed by atoms with van der Waals surface area (Å²) in [5, 5.41) is 9.95. The first kappa shape index (κ1) is 15.4. The molecule has 1 amide bonds. The molecule has 3 rings (SSSR count). The van der Waals surface area contributed by atoms with Crippen molar-refractivity contribution in [2.24, 2.45) is 5.92 Å². The van der Waals surface area contributed by atoms with E-state index in [0.717, 1.165) is 25.0 Å². The van der Waals surface area contributed by atoms with Gasteiger partial charge in [0.2, 0.25) is 0 Å². The number of hydrogen-bond donors (Lipinski definition) is 1. The third-order valence-electron chi connectivity index (χ3n) is 4.43. The number of benzene rings is 1. The van der Waals surface area contributed by atoms with Gasteiger partial charge in [0, 0.05) is 38.8 Å². The van der Waals surface area contributed by atoms with E-state index in [1.54, 1.807) is 4.90 Å². The molecule has 1 unspecified atom stereocenters. The zero-order valence-corrected chi connectivity index (χ0v) is 12.3. The number of aliphatic hydroxyl groups excluding tert-OH is 1. The maximum absolute atomic E-state index is 13.7. The second-order valence-electron chi connectivity index (χ2n) is 6.12. The van der Waals surface area contributed by atoms with Crippen LogP contribution in [-0.4, -0.2) is 59.6 Å².